The number of amides is 1. The van der Waals surface area contributed by atoms with E-state index >= 15 is 0 Å². The molecule has 5 nitrogen and oxygen atoms in total. The molecule has 0 aliphatic heterocycles. The van der Waals surface area contributed by atoms with Crippen LogP contribution in [0.4, 0.5) is 0 Å². The largest absolute Gasteiger partial charge is 0.481 e. The standard InChI is InChI=1S/C21H22ClNO4/c22-15-7-11-17(12-8-15)27-16-9-5-14(6-10-16)13-23-20(24)18-3-1-2-4-19(18)21(25)26/h5-12,18-19H,1-4,13H2,(H,23,24)(H,25,26)/t18-,19+/m1/s1. The highest BCUT2D eigenvalue weighted by molar-refractivity contribution is 6.30. The van der Waals surface area contributed by atoms with Gasteiger partial charge in [-0.1, -0.05) is 36.6 Å². The summed E-state index contributed by atoms with van der Waals surface area (Å²) in [6, 6.07) is 14.5. The first kappa shape index (κ1) is 19.2. The van der Waals surface area contributed by atoms with Gasteiger partial charge in [-0.25, -0.2) is 0 Å². The van der Waals surface area contributed by atoms with E-state index in [1.807, 2.05) is 24.3 Å². The van der Waals surface area contributed by atoms with Crippen molar-refractivity contribution in [2.24, 2.45) is 11.8 Å². The van der Waals surface area contributed by atoms with Crippen molar-refractivity contribution < 1.29 is 19.4 Å². The van der Waals surface area contributed by atoms with Gasteiger partial charge in [-0.2, -0.15) is 0 Å². The molecule has 1 saturated carbocycles. The highest BCUT2D eigenvalue weighted by atomic mass is 35.5. The molecule has 0 radical (unpaired) electrons. The van der Waals surface area contributed by atoms with E-state index in [-0.39, 0.29) is 5.91 Å². The summed E-state index contributed by atoms with van der Waals surface area (Å²) in [5.41, 5.74) is 0.925. The van der Waals surface area contributed by atoms with Crippen molar-refractivity contribution in [3.8, 4) is 11.5 Å². The molecule has 3 rings (SSSR count). The van der Waals surface area contributed by atoms with E-state index in [1.54, 1.807) is 24.3 Å². The third kappa shape index (κ3) is 5.23. The maximum atomic E-state index is 12.4. The van der Waals surface area contributed by atoms with E-state index in [1.165, 1.54) is 0 Å². The molecule has 0 spiro atoms. The molecule has 0 bridgehead atoms. The maximum absolute atomic E-state index is 12.4. The first-order valence-electron chi connectivity index (χ1n) is 9.06. The van der Waals surface area contributed by atoms with Crippen LogP contribution in [0.2, 0.25) is 5.02 Å². The van der Waals surface area contributed by atoms with Crippen molar-refractivity contribution in [1.29, 1.82) is 0 Å². The van der Waals surface area contributed by atoms with Gasteiger partial charge in [-0.3, -0.25) is 9.59 Å². The summed E-state index contributed by atoms with van der Waals surface area (Å²) in [4.78, 5) is 23.8. The van der Waals surface area contributed by atoms with Crippen LogP contribution in [0.15, 0.2) is 48.5 Å². The summed E-state index contributed by atoms with van der Waals surface area (Å²) in [5, 5.41) is 12.8. The van der Waals surface area contributed by atoms with E-state index in [2.05, 4.69) is 5.32 Å². The number of carbonyl (C=O) groups is 2. The van der Waals surface area contributed by atoms with Gasteiger partial charge in [0.15, 0.2) is 0 Å². The summed E-state index contributed by atoms with van der Waals surface area (Å²) >= 11 is 5.86. The Morgan fingerprint density at radius 1 is 0.963 bits per heavy atom. The number of aliphatic carboxylic acids is 1. The number of ether oxygens (including phenoxy) is 1. The van der Waals surface area contributed by atoms with Crippen molar-refractivity contribution >= 4 is 23.5 Å². The molecular formula is C21H22ClNO4. The minimum atomic E-state index is -0.876. The number of halogens is 1. The van der Waals surface area contributed by atoms with Gasteiger partial charge < -0.3 is 15.2 Å². The number of hydrogen-bond donors (Lipinski definition) is 2. The Morgan fingerprint density at radius 2 is 1.52 bits per heavy atom. The number of hydrogen-bond acceptors (Lipinski definition) is 3. The average molecular weight is 388 g/mol. The van der Waals surface area contributed by atoms with E-state index in [0.717, 1.165) is 18.4 Å². The topological polar surface area (TPSA) is 75.6 Å². The SMILES string of the molecule is O=C(O)[C@H]1CCCC[C@H]1C(=O)NCc1ccc(Oc2ccc(Cl)cc2)cc1. The molecule has 1 fully saturated rings. The fourth-order valence-corrected chi connectivity index (χ4v) is 3.50. The quantitative estimate of drug-likeness (QED) is 0.757. The van der Waals surface area contributed by atoms with Gasteiger partial charge in [0, 0.05) is 11.6 Å². The predicted molar refractivity (Wildman–Crippen MR) is 103 cm³/mol. The van der Waals surface area contributed by atoms with Gasteiger partial charge >= 0.3 is 5.97 Å². The van der Waals surface area contributed by atoms with Crippen molar-refractivity contribution in [1.82, 2.24) is 5.32 Å². The minimum Gasteiger partial charge on any atom is -0.481 e. The van der Waals surface area contributed by atoms with Crippen molar-refractivity contribution in [3.63, 3.8) is 0 Å². The molecule has 2 aromatic rings. The van der Waals surface area contributed by atoms with Gasteiger partial charge in [0.05, 0.1) is 11.8 Å². The van der Waals surface area contributed by atoms with E-state index in [4.69, 9.17) is 16.3 Å². The maximum Gasteiger partial charge on any atom is 0.307 e. The van der Waals surface area contributed by atoms with Crippen molar-refractivity contribution in [3.05, 3.63) is 59.1 Å². The summed E-state index contributed by atoms with van der Waals surface area (Å²) in [6.07, 6.45) is 2.98. The van der Waals surface area contributed by atoms with Gasteiger partial charge in [0.2, 0.25) is 5.91 Å². The zero-order valence-electron chi connectivity index (χ0n) is 14.9. The number of carboxylic acid groups (broad SMARTS) is 1. The monoisotopic (exact) mass is 387 g/mol. The summed E-state index contributed by atoms with van der Waals surface area (Å²) in [5.74, 6) is -0.692. The summed E-state index contributed by atoms with van der Waals surface area (Å²) in [6.45, 7) is 0.364. The van der Waals surface area contributed by atoms with Gasteiger partial charge in [0.25, 0.3) is 0 Å². The molecule has 0 aromatic heterocycles. The van der Waals surface area contributed by atoms with Gasteiger partial charge in [-0.15, -0.1) is 0 Å². The zero-order chi connectivity index (χ0) is 19.2. The number of nitrogens with one attached hydrogen (secondary N) is 1. The van der Waals surface area contributed by atoms with Crippen LogP contribution in [-0.4, -0.2) is 17.0 Å². The Labute approximate surface area is 163 Å². The summed E-state index contributed by atoms with van der Waals surface area (Å²) < 4.78 is 5.74. The van der Waals surface area contributed by atoms with Crippen LogP contribution in [0, 0.1) is 11.8 Å². The normalized spacial score (nSPS) is 19.3. The second-order valence-corrected chi connectivity index (χ2v) is 7.19. The lowest BCUT2D eigenvalue weighted by molar-refractivity contribution is -0.148. The predicted octanol–water partition coefficient (Wildman–Crippen LogP) is 4.64. The Kier molecular flexibility index (Phi) is 6.35. The van der Waals surface area contributed by atoms with E-state index < -0.39 is 17.8 Å². The molecule has 2 aromatic carbocycles. The molecule has 0 heterocycles. The lowest BCUT2D eigenvalue weighted by Gasteiger charge is -2.27. The minimum absolute atomic E-state index is 0.177. The molecule has 0 saturated heterocycles. The van der Waals surface area contributed by atoms with Crippen molar-refractivity contribution in [2.75, 3.05) is 0 Å². The Hall–Kier alpha value is -2.53. The number of benzene rings is 2. The number of rotatable bonds is 6. The first-order valence-corrected chi connectivity index (χ1v) is 9.43. The molecule has 2 atom stereocenters. The van der Waals surface area contributed by atoms with Crippen LogP contribution in [0.3, 0.4) is 0 Å². The Bertz CT molecular complexity index is 789. The molecule has 142 valence electrons. The Morgan fingerprint density at radius 3 is 2.11 bits per heavy atom. The van der Waals surface area contributed by atoms with E-state index in [9.17, 15) is 14.7 Å². The second-order valence-electron chi connectivity index (χ2n) is 6.75. The van der Waals surface area contributed by atoms with Crippen LogP contribution < -0.4 is 10.1 Å². The molecule has 27 heavy (non-hydrogen) atoms. The highest BCUT2D eigenvalue weighted by Crippen LogP contribution is 2.30. The molecule has 1 aliphatic rings. The van der Waals surface area contributed by atoms with Gasteiger partial charge in [-0.05, 0) is 54.8 Å². The lowest BCUT2D eigenvalue weighted by Crippen LogP contribution is -2.39. The van der Waals surface area contributed by atoms with Crippen LogP contribution in [0.25, 0.3) is 0 Å². The van der Waals surface area contributed by atoms with Gasteiger partial charge in [0.1, 0.15) is 11.5 Å². The number of carboxylic acids is 1. The molecule has 0 unspecified atom stereocenters. The molecule has 1 amide bonds. The summed E-state index contributed by atoms with van der Waals surface area (Å²) in [7, 11) is 0. The first-order chi connectivity index (χ1) is 13.0. The van der Waals surface area contributed by atoms with Crippen LogP contribution in [-0.2, 0) is 16.1 Å². The smallest absolute Gasteiger partial charge is 0.307 e. The third-order valence-corrected chi connectivity index (χ3v) is 5.11. The lowest BCUT2D eigenvalue weighted by atomic mass is 9.78. The molecule has 1 aliphatic carbocycles. The molecule has 2 N–H and O–H groups in total. The van der Waals surface area contributed by atoms with E-state index in [0.29, 0.717) is 35.9 Å². The fraction of sp³-hybridized carbons (Fsp3) is 0.333. The van der Waals surface area contributed by atoms with Crippen LogP contribution in [0.1, 0.15) is 31.2 Å². The Balaban J connectivity index is 1.54. The highest BCUT2D eigenvalue weighted by Gasteiger charge is 2.35. The second kappa shape index (κ2) is 8.91. The molecule has 6 heteroatoms. The van der Waals surface area contributed by atoms with Crippen molar-refractivity contribution in [2.45, 2.75) is 32.2 Å². The average Bonchev–Trinajstić information content (AvgIpc) is 2.69. The fourth-order valence-electron chi connectivity index (χ4n) is 3.37. The zero-order valence-corrected chi connectivity index (χ0v) is 15.6. The molecular weight excluding hydrogens is 366 g/mol. The number of carbonyl (C=O) groups excluding carboxylic acids is 1. The van der Waals surface area contributed by atoms with Crippen LogP contribution in [0.5, 0.6) is 11.5 Å². The third-order valence-electron chi connectivity index (χ3n) is 4.86. The van der Waals surface area contributed by atoms with Crippen LogP contribution >= 0.6 is 11.6 Å².